The van der Waals surface area contributed by atoms with Gasteiger partial charge in [-0.2, -0.15) is 8.78 Å². The minimum Gasteiger partial charge on any atom is -0.493 e. The van der Waals surface area contributed by atoms with Crippen molar-refractivity contribution in [1.82, 2.24) is 14.9 Å². The van der Waals surface area contributed by atoms with E-state index in [1.807, 2.05) is 31.2 Å². The first-order valence-electron chi connectivity index (χ1n) is 8.98. The fourth-order valence-corrected chi connectivity index (χ4v) is 3.77. The average molecular weight is 421 g/mol. The lowest BCUT2D eigenvalue weighted by Gasteiger charge is -2.12. The fourth-order valence-electron chi connectivity index (χ4n) is 2.87. The first-order chi connectivity index (χ1) is 14.0. The van der Waals surface area contributed by atoms with E-state index >= 15 is 0 Å². The van der Waals surface area contributed by atoms with Crippen LogP contribution >= 0.6 is 11.8 Å². The first-order valence-corrected chi connectivity index (χ1v) is 9.96. The highest BCUT2D eigenvalue weighted by Crippen LogP contribution is 2.29. The second kappa shape index (κ2) is 9.60. The number of ether oxygens (including phenoxy) is 2. The van der Waals surface area contributed by atoms with Crippen LogP contribution in [0.4, 0.5) is 8.78 Å². The number of hydrogen-bond acceptors (Lipinski definition) is 5. The van der Waals surface area contributed by atoms with Crippen LogP contribution in [-0.4, -0.2) is 34.9 Å². The fraction of sp³-hybridized carbons (Fsp3) is 0.300. The molecule has 0 radical (unpaired) electrons. The maximum atomic E-state index is 12.4. The van der Waals surface area contributed by atoms with Gasteiger partial charge >= 0.3 is 6.61 Å². The number of halogens is 2. The van der Waals surface area contributed by atoms with Crippen LogP contribution in [0.1, 0.15) is 12.5 Å². The molecule has 2 aromatic carbocycles. The van der Waals surface area contributed by atoms with Crippen LogP contribution < -0.4 is 14.8 Å². The van der Waals surface area contributed by atoms with Gasteiger partial charge in [-0.3, -0.25) is 4.79 Å². The van der Waals surface area contributed by atoms with Crippen molar-refractivity contribution in [1.29, 1.82) is 0 Å². The van der Waals surface area contributed by atoms with Gasteiger partial charge in [0.05, 0.1) is 23.9 Å². The summed E-state index contributed by atoms with van der Waals surface area (Å²) >= 11 is 1.37. The Hall–Kier alpha value is -2.81. The SMILES string of the molecule is CCn1c(SCC(=O)NCc2ccc(OC(F)F)c(OC)c2)nc2ccccc21. The number of methoxy groups -OCH3 is 1. The Kier molecular flexibility index (Phi) is 6.92. The predicted octanol–water partition coefficient (Wildman–Crippen LogP) is 4.07. The third-order valence-corrected chi connectivity index (χ3v) is 5.18. The van der Waals surface area contributed by atoms with Crippen LogP contribution in [0.5, 0.6) is 11.5 Å². The molecule has 0 saturated heterocycles. The average Bonchev–Trinajstić information content (AvgIpc) is 3.08. The molecule has 1 N–H and O–H groups in total. The quantitative estimate of drug-likeness (QED) is 0.528. The van der Waals surface area contributed by atoms with Gasteiger partial charge in [0, 0.05) is 13.1 Å². The highest BCUT2D eigenvalue weighted by molar-refractivity contribution is 7.99. The zero-order valence-electron chi connectivity index (χ0n) is 16.0. The van der Waals surface area contributed by atoms with Gasteiger partial charge in [-0.25, -0.2) is 4.98 Å². The molecular formula is C20H21F2N3O3S. The molecule has 9 heteroatoms. The first kappa shape index (κ1) is 20.9. The Balaban J connectivity index is 1.58. The number of alkyl halides is 2. The van der Waals surface area contributed by atoms with Crippen LogP contribution in [0.2, 0.25) is 0 Å². The maximum absolute atomic E-state index is 12.4. The van der Waals surface area contributed by atoms with Crippen LogP contribution in [0, 0.1) is 0 Å². The molecule has 29 heavy (non-hydrogen) atoms. The Morgan fingerprint density at radius 1 is 1.24 bits per heavy atom. The zero-order chi connectivity index (χ0) is 20.8. The molecule has 0 aliphatic heterocycles. The molecule has 3 aromatic rings. The second-order valence-corrected chi connectivity index (χ2v) is 7.00. The zero-order valence-corrected chi connectivity index (χ0v) is 16.8. The van der Waals surface area contributed by atoms with E-state index in [4.69, 9.17) is 4.74 Å². The summed E-state index contributed by atoms with van der Waals surface area (Å²) in [6.07, 6.45) is 0. The number of rotatable bonds is 9. The Morgan fingerprint density at radius 2 is 2.03 bits per heavy atom. The summed E-state index contributed by atoms with van der Waals surface area (Å²) in [6.45, 7) is 0.109. The number of imidazole rings is 1. The molecule has 0 aliphatic rings. The molecule has 0 unspecified atom stereocenters. The molecule has 0 aliphatic carbocycles. The molecule has 6 nitrogen and oxygen atoms in total. The van der Waals surface area contributed by atoms with Gasteiger partial charge < -0.3 is 19.4 Å². The van der Waals surface area contributed by atoms with Crippen molar-refractivity contribution in [3.05, 3.63) is 48.0 Å². The summed E-state index contributed by atoms with van der Waals surface area (Å²) < 4.78 is 36.3. The number of para-hydroxylation sites is 2. The molecular weight excluding hydrogens is 400 g/mol. The number of nitrogens with zero attached hydrogens (tertiary/aromatic N) is 2. The van der Waals surface area contributed by atoms with Gasteiger partial charge in [-0.1, -0.05) is 30.0 Å². The van der Waals surface area contributed by atoms with E-state index in [9.17, 15) is 13.6 Å². The van der Waals surface area contributed by atoms with Gasteiger partial charge in [0.25, 0.3) is 0 Å². The van der Waals surface area contributed by atoms with Crippen molar-refractivity contribution in [2.75, 3.05) is 12.9 Å². The van der Waals surface area contributed by atoms with Gasteiger partial charge in [-0.15, -0.1) is 0 Å². The third-order valence-electron chi connectivity index (χ3n) is 4.20. The molecule has 0 atom stereocenters. The van der Waals surface area contributed by atoms with Gasteiger partial charge in [-0.05, 0) is 36.8 Å². The molecule has 1 heterocycles. The van der Waals surface area contributed by atoms with Crippen LogP contribution in [0.3, 0.4) is 0 Å². The van der Waals surface area contributed by atoms with Gasteiger partial charge in [0.15, 0.2) is 16.7 Å². The number of carbonyl (C=O) groups is 1. The molecule has 0 spiro atoms. The summed E-state index contributed by atoms with van der Waals surface area (Å²) in [4.78, 5) is 16.8. The minimum atomic E-state index is -2.93. The Bertz CT molecular complexity index is 994. The van der Waals surface area contributed by atoms with Crippen molar-refractivity contribution in [2.45, 2.75) is 31.8 Å². The molecule has 154 valence electrons. The summed E-state index contributed by atoms with van der Waals surface area (Å²) in [6, 6.07) is 12.4. The standard InChI is InChI=1S/C20H21F2N3O3S/c1-3-25-15-7-5-4-6-14(15)24-20(25)29-12-18(26)23-11-13-8-9-16(28-19(21)22)17(10-13)27-2/h4-10,19H,3,11-12H2,1-2H3,(H,23,26). The van der Waals surface area contributed by atoms with Crippen LogP contribution in [0.25, 0.3) is 11.0 Å². The highest BCUT2D eigenvalue weighted by Gasteiger charge is 2.13. The number of hydrogen-bond donors (Lipinski definition) is 1. The predicted molar refractivity (Wildman–Crippen MR) is 108 cm³/mol. The molecule has 0 bridgehead atoms. The number of benzene rings is 2. The topological polar surface area (TPSA) is 65.4 Å². The lowest BCUT2D eigenvalue weighted by molar-refractivity contribution is -0.118. The normalized spacial score (nSPS) is 11.1. The van der Waals surface area contributed by atoms with E-state index < -0.39 is 6.61 Å². The molecule has 3 rings (SSSR count). The Labute approximate surface area is 171 Å². The number of thioether (sulfide) groups is 1. The van der Waals surface area contributed by atoms with Crippen molar-refractivity contribution in [3.63, 3.8) is 0 Å². The van der Waals surface area contributed by atoms with Crippen LogP contribution in [-0.2, 0) is 17.9 Å². The maximum Gasteiger partial charge on any atom is 0.387 e. The monoisotopic (exact) mass is 421 g/mol. The van der Waals surface area contributed by atoms with E-state index in [2.05, 4.69) is 19.6 Å². The second-order valence-electron chi connectivity index (χ2n) is 6.06. The summed E-state index contributed by atoms with van der Waals surface area (Å²) in [5.74, 6) is 0.193. The molecule has 1 aromatic heterocycles. The lowest BCUT2D eigenvalue weighted by atomic mass is 10.2. The smallest absolute Gasteiger partial charge is 0.387 e. The highest BCUT2D eigenvalue weighted by atomic mass is 32.2. The molecule has 0 fully saturated rings. The number of fused-ring (bicyclic) bond motifs is 1. The summed E-state index contributed by atoms with van der Waals surface area (Å²) in [5.41, 5.74) is 2.65. The van der Waals surface area contributed by atoms with Crippen molar-refractivity contribution in [3.8, 4) is 11.5 Å². The number of nitrogens with one attached hydrogen (secondary N) is 1. The van der Waals surface area contributed by atoms with E-state index in [0.717, 1.165) is 22.7 Å². The number of aryl methyl sites for hydroxylation is 1. The summed E-state index contributed by atoms with van der Waals surface area (Å²) in [5, 5.41) is 3.60. The van der Waals surface area contributed by atoms with E-state index in [-0.39, 0.29) is 29.7 Å². The third kappa shape index (κ3) is 5.17. The number of carbonyl (C=O) groups excluding carboxylic acids is 1. The lowest BCUT2D eigenvalue weighted by Crippen LogP contribution is -2.24. The summed E-state index contributed by atoms with van der Waals surface area (Å²) in [7, 11) is 1.37. The Morgan fingerprint density at radius 3 is 2.76 bits per heavy atom. The molecule has 1 amide bonds. The van der Waals surface area contributed by atoms with E-state index in [1.165, 1.54) is 24.9 Å². The number of amides is 1. The van der Waals surface area contributed by atoms with Crippen molar-refractivity contribution >= 4 is 28.7 Å². The molecule has 0 saturated carbocycles. The van der Waals surface area contributed by atoms with Gasteiger partial charge in [0.1, 0.15) is 0 Å². The van der Waals surface area contributed by atoms with Crippen molar-refractivity contribution in [2.24, 2.45) is 0 Å². The van der Waals surface area contributed by atoms with Gasteiger partial charge in [0.2, 0.25) is 5.91 Å². The number of aromatic nitrogens is 2. The van der Waals surface area contributed by atoms with Crippen LogP contribution in [0.15, 0.2) is 47.6 Å². The van der Waals surface area contributed by atoms with E-state index in [0.29, 0.717) is 5.56 Å². The van der Waals surface area contributed by atoms with E-state index in [1.54, 1.807) is 12.1 Å². The largest absolute Gasteiger partial charge is 0.493 e. The van der Waals surface area contributed by atoms with Crippen molar-refractivity contribution < 1.29 is 23.0 Å². The minimum absolute atomic E-state index is 0.0494.